The zero-order valence-corrected chi connectivity index (χ0v) is 13.4. The Morgan fingerprint density at radius 2 is 2.05 bits per heavy atom. The van der Waals surface area contributed by atoms with Gasteiger partial charge >= 0.3 is 0 Å². The van der Waals surface area contributed by atoms with Crippen LogP contribution in [-0.4, -0.2) is 13.6 Å². The van der Waals surface area contributed by atoms with E-state index in [1.807, 2.05) is 0 Å². The number of sulfonamides is 1. The van der Waals surface area contributed by atoms with Gasteiger partial charge in [-0.2, -0.15) is 0 Å². The minimum atomic E-state index is -3.67. The molecule has 2 aromatic rings. The molecule has 0 saturated carbocycles. The second-order valence-electron chi connectivity index (χ2n) is 4.38. The van der Waals surface area contributed by atoms with Crippen molar-refractivity contribution >= 4 is 31.6 Å². The van der Waals surface area contributed by atoms with E-state index in [0.29, 0.717) is 27.2 Å². The van der Waals surface area contributed by atoms with E-state index in [2.05, 4.69) is 25.8 Å². The van der Waals surface area contributed by atoms with Gasteiger partial charge in [-0.3, -0.25) is 0 Å². The van der Waals surface area contributed by atoms with Gasteiger partial charge in [-0.1, -0.05) is 21.1 Å². The number of hydrogen-bond donors (Lipinski definition) is 2. The fourth-order valence-corrected chi connectivity index (χ4v) is 3.61. The molecule has 3 N–H and O–H groups in total. The Kier molecular flexibility index (Phi) is 4.17. The average molecular weight is 360 g/mol. The van der Waals surface area contributed by atoms with Gasteiger partial charge in [0.1, 0.15) is 0 Å². The quantitative estimate of drug-likeness (QED) is 0.814. The molecule has 1 aromatic heterocycles. The van der Waals surface area contributed by atoms with E-state index in [1.165, 1.54) is 6.07 Å². The van der Waals surface area contributed by atoms with Crippen molar-refractivity contribution < 1.29 is 12.9 Å². The maximum Gasteiger partial charge on any atom is 0.241 e. The van der Waals surface area contributed by atoms with Crippen LogP contribution in [0.2, 0.25) is 0 Å². The lowest BCUT2D eigenvalue weighted by Crippen LogP contribution is -2.24. The minimum absolute atomic E-state index is 0.0367. The highest BCUT2D eigenvalue weighted by molar-refractivity contribution is 9.10. The summed E-state index contributed by atoms with van der Waals surface area (Å²) in [6, 6.07) is 4.85. The summed E-state index contributed by atoms with van der Waals surface area (Å²) in [7, 11) is -3.67. The molecule has 0 saturated heterocycles. The van der Waals surface area contributed by atoms with E-state index in [-0.39, 0.29) is 11.4 Å². The molecule has 0 unspecified atom stereocenters. The molecular formula is C12H14BrN3O3S. The van der Waals surface area contributed by atoms with Crippen LogP contribution in [0.25, 0.3) is 0 Å². The van der Waals surface area contributed by atoms with Crippen LogP contribution in [0.5, 0.6) is 0 Å². The Morgan fingerprint density at radius 3 is 2.65 bits per heavy atom. The van der Waals surface area contributed by atoms with Crippen molar-refractivity contribution in [3.8, 4) is 0 Å². The SMILES string of the molecule is Cc1cc(CNS(=O)(=O)c2cc(Br)cc(N)c2C)on1. The highest BCUT2D eigenvalue weighted by atomic mass is 79.9. The molecule has 1 aromatic carbocycles. The van der Waals surface area contributed by atoms with E-state index in [0.717, 1.165) is 0 Å². The molecule has 6 nitrogen and oxygen atoms in total. The van der Waals surface area contributed by atoms with Crippen molar-refractivity contribution in [1.82, 2.24) is 9.88 Å². The highest BCUT2D eigenvalue weighted by Crippen LogP contribution is 2.26. The topological polar surface area (TPSA) is 98.2 Å². The molecular weight excluding hydrogens is 346 g/mol. The molecule has 2 rings (SSSR count). The summed E-state index contributed by atoms with van der Waals surface area (Å²) < 4.78 is 32.6. The summed E-state index contributed by atoms with van der Waals surface area (Å²) in [6.45, 7) is 3.46. The van der Waals surface area contributed by atoms with E-state index in [1.54, 1.807) is 26.0 Å². The third-order valence-corrected chi connectivity index (χ3v) is 4.75. The predicted molar refractivity (Wildman–Crippen MR) is 78.6 cm³/mol. The number of rotatable bonds is 4. The first-order chi connectivity index (χ1) is 9.29. The van der Waals surface area contributed by atoms with Crippen molar-refractivity contribution in [2.75, 3.05) is 5.73 Å². The van der Waals surface area contributed by atoms with Gasteiger partial charge in [-0.05, 0) is 31.5 Å². The minimum Gasteiger partial charge on any atom is -0.398 e. The predicted octanol–water partition coefficient (Wildman–Crippen LogP) is 2.11. The van der Waals surface area contributed by atoms with Gasteiger partial charge in [-0.15, -0.1) is 0 Å². The second kappa shape index (κ2) is 5.55. The molecule has 0 radical (unpaired) electrons. The van der Waals surface area contributed by atoms with Crippen molar-refractivity contribution in [2.45, 2.75) is 25.3 Å². The van der Waals surface area contributed by atoms with E-state index >= 15 is 0 Å². The van der Waals surface area contributed by atoms with E-state index < -0.39 is 10.0 Å². The molecule has 0 amide bonds. The lowest BCUT2D eigenvalue weighted by atomic mass is 10.2. The number of hydrogen-bond acceptors (Lipinski definition) is 5. The van der Waals surface area contributed by atoms with Gasteiger partial charge in [0.25, 0.3) is 0 Å². The Morgan fingerprint density at radius 1 is 1.35 bits per heavy atom. The van der Waals surface area contributed by atoms with Gasteiger partial charge in [0.2, 0.25) is 10.0 Å². The third kappa shape index (κ3) is 3.20. The van der Waals surface area contributed by atoms with Gasteiger partial charge in [0.05, 0.1) is 17.1 Å². The number of benzene rings is 1. The number of anilines is 1. The van der Waals surface area contributed by atoms with Gasteiger partial charge in [0.15, 0.2) is 5.76 Å². The third-order valence-electron chi connectivity index (χ3n) is 2.77. The largest absolute Gasteiger partial charge is 0.398 e. The number of aryl methyl sites for hydroxylation is 1. The van der Waals surface area contributed by atoms with Crippen LogP contribution in [-0.2, 0) is 16.6 Å². The zero-order valence-electron chi connectivity index (χ0n) is 11.0. The molecule has 20 heavy (non-hydrogen) atoms. The number of nitrogens with one attached hydrogen (secondary N) is 1. The Hall–Kier alpha value is -1.38. The van der Waals surface area contributed by atoms with Crippen molar-refractivity contribution in [1.29, 1.82) is 0 Å². The Bertz CT molecular complexity index is 740. The lowest BCUT2D eigenvalue weighted by Gasteiger charge is -2.11. The molecule has 0 bridgehead atoms. The average Bonchev–Trinajstić information content (AvgIpc) is 2.77. The number of halogens is 1. The van der Waals surface area contributed by atoms with Crippen LogP contribution < -0.4 is 10.5 Å². The summed E-state index contributed by atoms with van der Waals surface area (Å²) in [6.07, 6.45) is 0. The number of nitrogen functional groups attached to an aromatic ring is 1. The van der Waals surface area contributed by atoms with Gasteiger partial charge < -0.3 is 10.3 Å². The van der Waals surface area contributed by atoms with E-state index in [4.69, 9.17) is 10.3 Å². The molecule has 0 aliphatic rings. The Balaban J connectivity index is 2.27. The first-order valence-corrected chi connectivity index (χ1v) is 8.04. The molecule has 0 fully saturated rings. The summed E-state index contributed by atoms with van der Waals surface area (Å²) in [5, 5.41) is 3.70. The maximum atomic E-state index is 12.3. The van der Waals surface area contributed by atoms with Crippen LogP contribution >= 0.6 is 15.9 Å². The van der Waals surface area contributed by atoms with Crippen molar-refractivity contribution in [2.24, 2.45) is 0 Å². The lowest BCUT2D eigenvalue weighted by molar-refractivity contribution is 0.377. The summed E-state index contributed by atoms with van der Waals surface area (Å²) in [5.41, 5.74) is 7.40. The van der Waals surface area contributed by atoms with Crippen molar-refractivity contribution in [3.63, 3.8) is 0 Å². The molecule has 0 spiro atoms. The normalized spacial score (nSPS) is 11.8. The molecule has 0 aliphatic heterocycles. The molecule has 1 heterocycles. The summed E-state index contributed by atoms with van der Waals surface area (Å²) >= 11 is 3.24. The number of nitrogens with two attached hydrogens (primary N) is 1. The van der Waals surface area contributed by atoms with Gasteiger partial charge in [0, 0.05) is 16.2 Å². The van der Waals surface area contributed by atoms with E-state index in [9.17, 15) is 8.42 Å². The first-order valence-electron chi connectivity index (χ1n) is 5.77. The Labute approximate surface area is 125 Å². The maximum absolute atomic E-state index is 12.3. The molecule has 0 aliphatic carbocycles. The fourth-order valence-electron chi connectivity index (χ4n) is 1.70. The smallest absolute Gasteiger partial charge is 0.241 e. The molecule has 108 valence electrons. The van der Waals surface area contributed by atoms with Crippen LogP contribution in [0.1, 0.15) is 17.0 Å². The van der Waals surface area contributed by atoms with Crippen LogP contribution in [0, 0.1) is 13.8 Å². The summed E-state index contributed by atoms with van der Waals surface area (Å²) in [5.74, 6) is 0.451. The van der Waals surface area contributed by atoms with Crippen LogP contribution in [0.3, 0.4) is 0 Å². The second-order valence-corrected chi connectivity index (χ2v) is 7.03. The van der Waals surface area contributed by atoms with Crippen molar-refractivity contribution in [3.05, 3.63) is 39.7 Å². The standard InChI is InChI=1S/C12H14BrN3O3S/c1-7-3-10(19-16-7)6-15-20(17,18)12-5-9(13)4-11(14)8(12)2/h3-5,15H,6,14H2,1-2H3. The molecule has 0 atom stereocenters. The number of nitrogens with zero attached hydrogens (tertiary/aromatic N) is 1. The fraction of sp³-hybridized carbons (Fsp3) is 0.250. The zero-order chi connectivity index (χ0) is 14.9. The van der Waals surface area contributed by atoms with Crippen LogP contribution in [0.4, 0.5) is 5.69 Å². The van der Waals surface area contributed by atoms with Crippen LogP contribution in [0.15, 0.2) is 32.1 Å². The van der Waals surface area contributed by atoms with Gasteiger partial charge in [-0.25, -0.2) is 13.1 Å². The molecule has 8 heteroatoms. The number of aromatic nitrogens is 1. The first kappa shape index (κ1) is 15.0. The summed E-state index contributed by atoms with van der Waals surface area (Å²) in [4.78, 5) is 0.139. The monoisotopic (exact) mass is 359 g/mol. The highest BCUT2D eigenvalue weighted by Gasteiger charge is 2.19.